The number of urea groups is 1. The van der Waals surface area contributed by atoms with Crippen molar-refractivity contribution >= 4 is 11.7 Å². The Hall–Kier alpha value is -1.95. The van der Waals surface area contributed by atoms with Gasteiger partial charge < -0.3 is 25.0 Å². The van der Waals surface area contributed by atoms with Gasteiger partial charge in [-0.15, -0.1) is 0 Å². The van der Waals surface area contributed by atoms with Gasteiger partial charge in [0.15, 0.2) is 0 Å². The molecule has 0 saturated carbocycles. The molecule has 0 radical (unpaired) electrons. The molecular weight excluding hydrogens is 294 g/mol. The van der Waals surface area contributed by atoms with Gasteiger partial charge in [-0.25, -0.2) is 4.79 Å². The maximum Gasteiger partial charge on any atom is 0.315 e. The first-order valence-corrected chi connectivity index (χ1v) is 8.08. The summed E-state index contributed by atoms with van der Waals surface area (Å²) in [5.41, 5.74) is 1.12. The number of piperidine rings is 1. The monoisotopic (exact) mass is 321 g/mol. The van der Waals surface area contributed by atoms with E-state index in [2.05, 4.69) is 21.6 Å². The van der Waals surface area contributed by atoms with E-state index in [9.17, 15) is 4.79 Å². The fourth-order valence-corrected chi connectivity index (χ4v) is 2.90. The van der Waals surface area contributed by atoms with Gasteiger partial charge in [-0.1, -0.05) is 12.1 Å². The topological polar surface area (TPSA) is 62.8 Å². The average molecular weight is 321 g/mol. The van der Waals surface area contributed by atoms with E-state index in [4.69, 9.17) is 9.47 Å². The van der Waals surface area contributed by atoms with E-state index < -0.39 is 0 Å². The highest BCUT2D eigenvalue weighted by molar-refractivity contribution is 5.74. The molecule has 6 heteroatoms. The summed E-state index contributed by atoms with van der Waals surface area (Å²) in [5, 5.41) is 5.93. The first-order valence-electron chi connectivity index (χ1n) is 8.08. The van der Waals surface area contributed by atoms with Gasteiger partial charge >= 0.3 is 6.03 Å². The van der Waals surface area contributed by atoms with Gasteiger partial charge in [-0.05, 0) is 31.9 Å². The second-order valence-corrected chi connectivity index (χ2v) is 5.91. The Balaban J connectivity index is 1.81. The van der Waals surface area contributed by atoms with E-state index in [1.807, 2.05) is 25.1 Å². The number of benzene rings is 1. The number of para-hydroxylation sites is 2. The van der Waals surface area contributed by atoms with Crippen LogP contribution in [0.25, 0.3) is 0 Å². The third-order valence-electron chi connectivity index (χ3n) is 4.05. The van der Waals surface area contributed by atoms with Gasteiger partial charge in [0.1, 0.15) is 5.75 Å². The molecule has 0 bridgehead atoms. The number of rotatable bonds is 6. The molecule has 1 heterocycles. The Morgan fingerprint density at radius 1 is 1.30 bits per heavy atom. The van der Waals surface area contributed by atoms with E-state index >= 15 is 0 Å². The van der Waals surface area contributed by atoms with Crippen molar-refractivity contribution in [3.8, 4) is 5.75 Å². The van der Waals surface area contributed by atoms with Gasteiger partial charge in [-0.2, -0.15) is 0 Å². The predicted octanol–water partition coefficient (Wildman–Crippen LogP) is 2.00. The first-order chi connectivity index (χ1) is 11.1. The highest BCUT2D eigenvalue weighted by Crippen LogP contribution is 2.29. The van der Waals surface area contributed by atoms with Crippen molar-refractivity contribution in [3.05, 3.63) is 24.3 Å². The van der Waals surface area contributed by atoms with Crippen LogP contribution in [0.2, 0.25) is 0 Å². The van der Waals surface area contributed by atoms with Crippen molar-refractivity contribution in [1.82, 2.24) is 10.6 Å². The fraction of sp³-hybridized carbons (Fsp3) is 0.588. The van der Waals surface area contributed by atoms with Crippen LogP contribution < -0.4 is 20.3 Å². The smallest absolute Gasteiger partial charge is 0.315 e. The molecule has 2 N–H and O–H groups in total. The highest BCUT2D eigenvalue weighted by Gasteiger charge is 2.22. The van der Waals surface area contributed by atoms with Crippen molar-refractivity contribution in [3.63, 3.8) is 0 Å². The highest BCUT2D eigenvalue weighted by atomic mass is 16.5. The second-order valence-electron chi connectivity index (χ2n) is 5.91. The number of hydrogen-bond donors (Lipinski definition) is 2. The van der Waals surface area contributed by atoms with Crippen LogP contribution in [-0.4, -0.2) is 52.0 Å². The molecule has 0 spiro atoms. The lowest BCUT2D eigenvalue weighted by Crippen LogP contribution is -2.50. The van der Waals surface area contributed by atoms with Crippen LogP contribution in [0.15, 0.2) is 24.3 Å². The molecule has 23 heavy (non-hydrogen) atoms. The summed E-state index contributed by atoms with van der Waals surface area (Å²) in [5.74, 6) is 0.894. The lowest BCUT2D eigenvalue weighted by Gasteiger charge is -2.34. The number of nitrogens with one attached hydrogen (secondary N) is 2. The molecule has 1 aromatic carbocycles. The van der Waals surface area contributed by atoms with Crippen molar-refractivity contribution in [2.24, 2.45) is 0 Å². The third kappa shape index (κ3) is 5.03. The number of ether oxygens (including phenoxy) is 2. The number of nitrogens with zero attached hydrogens (tertiary/aromatic N) is 1. The summed E-state index contributed by atoms with van der Waals surface area (Å²) >= 11 is 0. The maximum absolute atomic E-state index is 11.9. The molecular formula is C17H27N3O3. The summed E-state index contributed by atoms with van der Waals surface area (Å²) in [4.78, 5) is 14.2. The summed E-state index contributed by atoms with van der Waals surface area (Å²) < 4.78 is 10.4. The number of amides is 2. The zero-order valence-corrected chi connectivity index (χ0v) is 14.2. The summed E-state index contributed by atoms with van der Waals surface area (Å²) in [6.07, 6.45) is 1.84. The molecule has 1 aromatic rings. The van der Waals surface area contributed by atoms with Gasteiger partial charge in [0.05, 0.1) is 25.4 Å². The SMILES string of the molecule is COCC(C)NC(=O)NC1CCN(c2ccccc2OC)CC1. The fourth-order valence-electron chi connectivity index (χ4n) is 2.90. The van der Waals surface area contributed by atoms with Crippen LogP contribution in [0, 0.1) is 0 Å². The van der Waals surface area contributed by atoms with Crippen molar-refractivity contribution < 1.29 is 14.3 Å². The second kappa shape index (κ2) is 8.62. The Morgan fingerprint density at radius 3 is 2.65 bits per heavy atom. The van der Waals surface area contributed by atoms with Crippen LogP contribution in [0.5, 0.6) is 5.75 Å². The van der Waals surface area contributed by atoms with E-state index in [-0.39, 0.29) is 18.1 Å². The van der Waals surface area contributed by atoms with E-state index in [0.29, 0.717) is 6.61 Å². The Labute approximate surface area is 138 Å². The molecule has 1 fully saturated rings. The minimum atomic E-state index is -0.120. The molecule has 2 amide bonds. The Kier molecular flexibility index (Phi) is 6.52. The molecule has 128 valence electrons. The first kappa shape index (κ1) is 17.4. The zero-order chi connectivity index (χ0) is 16.7. The van der Waals surface area contributed by atoms with Crippen molar-refractivity contribution in [1.29, 1.82) is 0 Å². The zero-order valence-electron chi connectivity index (χ0n) is 14.2. The molecule has 1 atom stereocenters. The Morgan fingerprint density at radius 2 is 2.00 bits per heavy atom. The average Bonchev–Trinajstić information content (AvgIpc) is 2.55. The molecule has 0 aromatic heterocycles. The normalized spacial score (nSPS) is 16.7. The van der Waals surface area contributed by atoms with E-state index in [0.717, 1.165) is 37.4 Å². The lowest BCUT2D eigenvalue weighted by atomic mass is 10.0. The number of hydrogen-bond acceptors (Lipinski definition) is 4. The van der Waals surface area contributed by atoms with Crippen LogP contribution in [0.3, 0.4) is 0 Å². The molecule has 1 aliphatic rings. The van der Waals surface area contributed by atoms with Gasteiger partial charge in [-0.3, -0.25) is 0 Å². The summed E-state index contributed by atoms with van der Waals surface area (Å²) in [6.45, 7) is 4.24. The molecule has 6 nitrogen and oxygen atoms in total. The van der Waals surface area contributed by atoms with Crippen LogP contribution >= 0.6 is 0 Å². The van der Waals surface area contributed by atoms with Gasteiger partial charge in [0.2, 0.25) is 0 Å². The van der Waals surface area contributed by atoms with E-state index in [1.54, 1.807) is 14.2 Å². The van der Waals surface area contributed by atoms with Gasteiger partial charge in [0.25, 0.3) is 0 Å². The number of methoxy groups -OCH3 is 2. The Bertz CT molecular complexity index is 502. The molecule has 0 aliphatic carbocycles. The van der Waals surface area contributed by atoms with Gasteiger partial charge in [0, 0.05) is 26.2 Å². The van der Waals surface area contributed by atoms with Crippen LogP contribution in [0.4, 0.5) is 10.5 Å². The number of anilines is 1. The standard InChI is InChI=1S/C17H27N3O3/c1-13(12-22-2)18-17(21)19-14-8-10-20(11-9-14)15-6-4-5-7-16(15)23-3/h4-7,13-14H,8-12H2,1-3H3,(H2,18,19,21). The molecule has 1 saturated heterocycles. The summed E-state index contributed by atoms with van der Waals surface area (Å²) in [6, 6.07) is 8.14. The number of carbonyl (C=O) groups is 1. The summed E-state index contributed by atoms with van der Waals surface area (Å²) in [7, 11) is 3.32. The van der Waals surface area contributed by atoms with Crippen LogP contribution in [0.1, 0.15) is 19.8 Å². The van der Waals surface area contributed by atoms with Crippen molar-refractivity contribution in [2.75, 3.05) is 38.8 Å². The molecule has 1 aliphatic heterocycles. The molecule has 2 rings (SSSR count). The third-order valence-corrected chi connectivity index (χ3v) is 4.05. The van der Waals surface area contributed by atoms with Crippen LogP contribution in [-0.2, 0) is 4.74 Å². The minimum absolute atomic E-state index is 0.00803. The number of carbonyl (C=O) groups excluding carboxylic acids is 1. The minimum Gasteiger partial charge on any atom is -0.495 e. The molecule has 1 unspecified atom stereocenters. The van der Waals surface area contributed by atoms with Crippen molar-refractivity contribution in [2.45, 2.75) is 31.8 Å². The largest absolute Gasteiger partial charge is 0.495 e. The maximum atomic E-state index is 11.9. The van der Waals surface area contributed by atoms with E-state index in [1.165, 1.54) is 0 Å². The predicted molar refractivity (Wildman–Crippen MR) is 91.2 cm³/mol. The lowest BCUT2D eigenvalue weighted by molar-refractivity contribution is 0.170. The quantitative estimate of drug-likeness (QED) is 0.841.